The molecular formula is C22H26ClN7S. The first-order chi connectivity index (χ1) is 14.9. The number of aromatic nitrogens is 4. The zero-order valence-electron chi connectivity index (χ0n) is 17.9. The summed E-state index contributed by atoms with van der Waals surface area (Å²) in [7, 11) is 6.05. The number of nitrogens with two attached hydrogens (primary N) is 1. The molecule has 0 amide bonds. The fraction of sp³-hybridized carbons (Fsp3) is 0.409. The summed E-state index contributed by atoms with van der Waals surface area (Å²) in [4.78, 5) is 21.8. The van der Waals surface area contributed by atoms with Gasteiger partial charge in [-0.2, -0.15) is 0 Å². The molecule has 9 heteroatoms. The molecule has 1 aliphatic rings. The van der Waals surface area contributed by atoms with Crippen LogP contribution in [0.4, 0.5) is 10.9 Å². The van der Waals surface area contributed by atoms with Crippen molar-refractivity contribution < 1.29 is 0 Å². The maximum Gasteiger partial charge on any atom is 0.185 e. The normalized spacial score (nSPS) is 19.3. The van der Waals surface area contributed by atoms with Gasteiger partial charge in [-0.15, -0.1) is 0 Å². The zero-order chi connectivity index (χ0) is 21.7. The average Bonchev–Trinajstić information content (AvgIpc) is 3.38. The lowest BCUT2D eigenvalue weighted by Gasteiger charge is -2.34. The van der Waals surface area contributed by atoms with Crippen molar-refractivity contribution in [3.63, 3.8) is 0 Å². The van der Waals surface area contributed by atoms with Crippen LogP contribution in [-0.4, -0.2) is 53.2 Å². The van der Waals surface area contributed by atoms with Crippen molar-refractivity contribution in [3.05, 3.63) is 29.5 Å². The number of hydrogen-bond donors (Lipinski definition) is 2. The number of nitrogens with one attached hydrogen (secondary N) is 1. The molecule has 31 heavy (non-hydrogen) atoms. The van der Waals surface area contributed by atoms with E-state index in [1.807, 2.05) is 43.5 Å². The third-order valence-electron chi connectivity index (χ3n) is 6.12. The summed E-state index contributed by atoms with van der Waals surface area (Å²) in [6.07, 6.45) is 8.18. The van der Waals surface area contributed by atoms with E-state index in [1.165, 1.54) is 0 Å². The fourth-order valence-corrected chi connectivity index (χ4v) is 5.65. The van der Waals surface area contributed by atoms with Crippen LogP contribution in [0.15, 0.2) is 24.5 Å². The van der Waals surface area contributed by atoms with Crippen molar-refractivity contribution in [1.29, 1.82) is 0 Å². The Morgan fingerprint density at radius 1 is 1.16 bits per heavy atom. The van der Waals surface area contributed by atoms with Crippen LogP contribution in [0.2, 0.25) is 5.02 Å². The highest BCUT2D eigenvalue weighted by Gasteiger charge is 2.24. The highest BCUT2D eigenvalue weighted by molar-refractivity contribution is 7.22. The van der Waals surface area contributed by atoms with Crippen molar-refractivity contribution in [3.8, 4) is 11.1 Å². The van der Waals surface area contributed by atoms with E-state index in [2.05, 4.69) is 21.9 Å². The predicted molar refractivity (Wildman–Crippen MR) is 130 cm³/mol. The molecule has 4 aromatic rings. The minimum Gasteiger partial charge on any atom is -0.355 e. The predicted octanol–water partition coefficient (Wildman–Crippen LogP) is 4.66. The Bertz CT molecular complexity index is 1250. The summed E-state index contributed by atoms with van der Waals surface area (Å²) < 4.78 is 0.982. The number of thiazole rings is 1. The first-order valence-corrected chi connectivity index (χ1v) is 11.7. The lowest BCUT2D eigenvalue weighted by molar-refractivity contribution is 0.381. The third-order valence-corrected chi connectivity index (χ3v) is 7.88. The Kier molecular flexibility index (Phi) is 5.24. The molecule has 2 atom stereocenters. The molecule has 5 rings (SSSR count). The van der Waals surface area contributed by atoms with Gasteiger partial charge in [0, 0.05) is 50.6 Å². The molecule has 7 nitrogen and oxygen atoms in total. The van der Waals surface area contributed by atoms with Gasteiger partial charge in [0.05, 0.1) is 21.4 Å². The first-order valence-electron chi connectivity index (χ1n) is 10.5. The van der Waals surface area contributed by atoms with Crippen LogP contribution < -0.4 is 15.5 Å². The molecule has 0 radical (unpaired) electrons. The molecule has 0 spiro atoms. The third kappa shape index (κ3) is 3.62. The van der Waals surface area contributed by atoms with E-state index in [-0.39, 0.29) is 6.04 Å². The summed E-state index contributed by atoms with van der Waals surface area (Å²) in [6, 6.07) is 4.70. The van der Waals surface area contributed by atoms with Gasteiger partial charge in [0.1, 0.15) is 11.3 Å². The van der Waals surface area contributed by atoms with Crippen LogP contribution in [0.1, 0.15) is 25.7 Å². The van der Waals surface area contributed by atoms with Gasteiger partial charge in [-0.25, -0.2) is 15.0 Å². The van der Waals surface area contributed by atoms with Crippen molar-refractivity contribution in [2.75, 3.05) is 30.9 Å². The van der Waals surface area contributed by atoms with Crippen molar-refractivity contribution in [1.82, 2.24) is 19.9 Å². The number of H-pyrrole nitrogens is 1. The second-order valence-corrected chi connectivity index (χ2v) is 9.84. The summed E-state index contributed by atoms with van der Waals surface area (Å²) >= 11 is 8.41. The van der Waals surface area contributed by atoms with E-state index in [4.69, 9.17) is 27.3 Å². The quantitative estimate of drug-likeness (QED) is 0.465. The Morgan fingerprint density at radius 2 is 2.00 bits per heavy atom. The number of aromatic amines is 1. The Labute approximate surface area is 190 Å². The standard InChI is InChI=1S/C22H26ClN7S/c1-29(2)22-27-16-8-7-14(18(23)20(16)31-22)15-10-26-21-19(15)25-11-17(28-21)30(3)13-6-4-5-12(24)9-13/h7-8,10-13H,4-6,9,24H2,1-3H3,(H,26,28)/t12-,13-/m1/s1. The molecule has 1 aromatic carbocycles. The van der Waals surface area contributed by atoms with Crippen LogP contribution >= 0.6 is 22.9 Å². The van der Waals surface area contributed by atoms with E-state index in [0.717, 1.165) is 69.1 Å². The second kappa shape index (κ2) is 7.93. The minimum atomic E-state index is 0.270. The molecule has 3 heterocycles. The van der Waals surface area contributed by atoms with Gasteiger partial charge in [-0.3, -0.25) is 0 Å². The molecule has 0 bridgehead atoms. The topological polar surface area (TPSA) is 87.0 Å². The molecule has 3 N–H and O–H groups in total. The molecule has 1 aliphatic carbocycles. The van der Waals surface area contributed by atoms with Crippen LogP contribution in [0, 0.1) is 0 Å². The highest BCUT2D eigenvalue weighted by Crippen LogP contribution is 2.41. The summed E-state index contributed by atoms with van der Waals surface area (Å²) in [5.74, 6) is 0.861. The number of halogens is 1. The maximum atomic E-state index is 6.82. The smallest absolute Gasteiger partial charge is 0.185 e. The summed E-state index contributed by atoms with van der Waals surface area (Å²) in [5.41, 5.74) is 10.5. The number of fused-ring (bicyclic) bond motifs is 2. The van der Waals surface area contributed by atoms with Gasteiger partial charge in [0.15, 0.2) is 10.8 Å². The Balaban J connectivity index is 1.51. The lowest BCUT2D eigenvalue weighted by atomic mass is 9.91. The molecule has 0 saturated heterocycles. The lowest BCUT2D eigenvalue weighted by Crippen LogP contribution is -2.41. The van der Waals surface area contributed by atoms with Gasteiger partial charge < -0.3 is 20.5 Å². The van der Waals surface area contributed by atoms with Gasteiger partial charge in [0.25, 0.3) is 0 Å². The van der Waals surface area contributed by atoms with Gasteiger partial charge in [-0.1, -0.05) is 29.0 Å². The number of hydrogen-bond acceptors (Lipinski definition) is 7. The van der Waals surface area contributed by atoms with Crippen LogP contribution in [0.3, 0.4) is 0 Å². The molecule has 0 aliphatic heterocycles. The van der Waals surface area contributed by atoms with Crippen LogP contribution in [-0.2, 0) is 0 Å². The number of benzene rings is 1. The highest BCUT2D eigenvalue weighted by atomic mass is 35.5. The molecule has 1 saturated carbocycles. The second-order valence-electron chi connectivity index (χ2n) is 8.49. The van der Waals surface area contributed by atoms with Gasteiger partial charge >= 0.3 is 0 Å². The molecule has 162 valence electrons. The molecule has 1 fully saturated rings. The monoisotopic (exact) mass is 455 g/mol. The van der Waals surface area contributed by atoms with E-state index in [9.17, 15) is 0 Å². The molecule has 0 unspecified atom stereocenters. The van der Waals surface area contributed by atoms with E-state index >= 15 is 0 Å². The van der Waals surface area contributed by atoms with Crippen molar-refractivity contribution in [2.24, 2.45) is 5.73 Å². The largest absolute Gasteiger partial charge is 0.355 e. The number of anilines is 2. The van der Waals surface area contributed by atoms with E-state index < -0.39 is 0 Å². The van der Waals surface area contributed by atoms with Crippen LogP contribution in [0.5, 0.6) is 0 Å². The zero-order valence-corrected chi connectivity index (χ0v) is 19.5. The number of nitrogens with zero attached hydrogens (tertiary/aromatic N) is 5. The minimum absolute atomic E-state index is 0.270. The summed E-state index contributed by atoms with van der Waals surface area (Å²) in [6.45, 7) is 0. The number of rotatable bonds is 4. The molecular weight excluding hydrogens is 430 g/mol. The average molecular weight is 456 g/mol. The van der Waals surface area contributed by atoms with Crippen LogP contribution in [0.25, 0.3) is 32.5 Å². The Hall–Kier alpha value is -2.42. The van der Waals surface area contributed by atoms with E-state index in [1.54, 1.807) is 11.3 Å². The van der Waals surface area contributed by atoms with Gasteiger partial charge in [0.2, 0.25) is 0 Å². The Morgan fingerprint density at radius 3 is 2.77 bits per heavy atom. The van der Waals surface area contributed by atoms with Crippen molar-refractivity contribution >= 4 is 55.3 Å². The SMILES string of the molecule is CN(C)c1nc2ccc(-c3c[nH]c4nc(N(C)[C@@H]5CCC[C@@H](N)C5)cnc34)c(Cl)c2s1. The maximum absolute atomic E-state index is 6.82. The van der Waals surface area contributed by atoms with E-state index in [0.29, 0.717) is 11.1 Å². The summed E-state index contributed by atoms with van der Waals surface area (Å²) in [5, 5.41) is 1.63. The van der Waals surface area contributed by atoms with Gasteiger partial charge in [-0.05, 0) is 31.7 Å². The van der Waals surface area contributed by atoms with Crippen molar-refractivity contribution in [2.45, 2.75) is 37.8 Å². The molecule has 3 aromatic heterocycles. The fourth-order valence-electron chi connectivity index (χ4n) is 4.35. The first kappa shape index (κ1) is 20.5.